The summed E-state index contributed by atoms with van der Waals surface area (Å²) in [7, 11) is 0. The van der Waals surface area contributed by atoms with Crippen LogP contribution in [0.1, 0.15) is 33.1 Å². The van der Waals surface area contributed by atoms with Crippen LogP contribution < -0.4 is 0 Å². The molecule has 4 heteroatoms. The van der Waals surface area contributed by atoms with Gasteiger partial charge in [-0.1, -0.05) is 13.8 Å². The molecule has 3 nitrogen and oxygen atoms in total. The van der Waals surface area contributed by atoms with Crippen LogP contribution in [0.25, 0.3) is 0 Å². The van der Waals surface area contributed by atoms with Gasteiger partial charge >= 0.3 is 5.97 Å². The van der Waals surface area contributed by atoms with Crippen molar-refractivity contribution < 1.29 is 14.6 Å². The minimum Gasteiger partial charge on any atom is -0.481 e. The van der Waals surface area contributed by atoms with Crippen molar-refractivity contribution >= 4 is 17.7 Å². The van der Waals surface area contributed by atoms with Crippen molar-refractivity contribution in [2.75, 3.05) is 24.7 Å². The maximum absolute atomic E-state index is 10.6. The van der Waals surface area contributed by atoms with E-state index in [9.17, 15) is 4.79 Å². The molecular weight excluding hydrogens is 224 g/mol. The Labute approximate surface area is 102 Å². The highest BCUT2D eigenvalue weighted by Crippen LogP contribution is 2.50. The summed E-state index contributed by atoms with van der Waals surface area (Å²) in [6.07, 6.45) is 2.51. The summed E-state index contributed by atoms with van der Waals surface area (Å²) < 4.78 is 5.47. The summed E-state index contributed by atoms with van der Waals surface area (Å²) >= 11 is 1.83. The summed E-state index contributed by atoms with van der Waals surface area (Å²) in [5, 5.41) is 8.76. The first-order valence-electron chi connectivity index (χ1n) is 5.91. The van der Waals surface area contributed by atoms with Crippen molar-refractivity contribution in [2.45, 2.75) is 33.1 Å². The second kappa shape index (κ2) is 6.50. The van der Waals surface area contributed by atoms with E-state index < -0.39 is 5.97 Å². The number of hydrogen-bond donors (Lipinski definition) is 1. The molecule has 1 N–H and O–H groups in total. The highest BCUT2D eigenvalue weighted by atomic mass is 32.2. The molecule has 0 aliphatic heterocycles. The molecule has 0 bridgehead atoms. The first-order valence-corrected chi connectivity index (χ1v) is 7.07. The molecule has 0 aromatic rings. The maximum Gasteiger partial charge on any atom is 0.303 e. The van der Waals surface area contributed by atoms with Gasteiger partial charge in [-0.25, -0.2) is 0 Å². The van der Waals surface area contributed by atoms with Crippen LogP contribution in [0.15, 0.2) is 0 Å². The third kappa shape index (κ3) is 5.75. The van der Waals surface area contributed by atoms with Gasteiger partial charge in [0.2, 0.25) is 0 Å². The number of thioether (sulfide) groups is 1. The van der Waals surface area contributed by atoms with Crippen molar-refractivity contribution in [1.29, 1.82) is 0 Å². The highest BCUT2D eigenvalue weighted by molar-refractivity contribution is 7.99. The zero-order chi connectivity index (χ0) is 12.0. The quantitative estimate of drug-likeness (QED) is 0.635. The van der Waals surface area contributed by atoms with Gasteiger partial charge in [0.15, 0.2) is 0 Å². The maximum atomic E-state index is 10.6. The average molecular weight is 246 g/mol. The van der Waals surface area contributed by atoms with Crippen LogP contribution in [0.2, 0.25) is 0 Å². The van der Waals surface area contributed by atoms with Gasteiger partial charge in [-0.15, -0.1) is 0 Å². The molecule has 16 heavy (non-hydrogen) atoms. The first-order chi connectivity index (χ1) is 7.54. The van der Waals surface area contributed by atoms with E-state index in [0.29, 0.717) is 12.3 Å². The fourth-order valence-corrected chi connectivity index (χ4v) is 2.80. The molecule has 0 aromatic carbocycles. The summed E-state index contributed by atoms with van der Waals surface area (Å²) in [5.74, 6) is 1.89. The summed E-state index contributed by atoms with van der Waals surface area (Å²) in [4.78, 5) is 10.6. The van der Waals surface area contributed by atoms with Crippen molar-refractivity contribution in [1.82, 2.24) is 0 Å². The summed E-state index contributed by atoms with van der Waals surface area (Å²) in [5.41, 5.74) is 0.120. The minimum atomic E-state index is -0.658. The third-order valence-corrected chi connectivity index (χ3v) is 3.99. The lowest BCUT2D eigenvalue weighted by Gasteiger charge is -2.12. The fraction of sp³-hybridized carbons (Fsp3) is 0.917. The predicted octanol–water partition coefficient (Wildman–Crippen LogP) is 2.65. The molecule has 0 unspecified atom stereocenters. The lowest BCUT2D eigenvalue weighted by Crippen LogP contribution is -2.12. The van der Waals surface area contributed by atoms with Crippen LogP contribution in [0.4, 0.5) is 0 Å². The van der Waals surface area contributed by atoms with E-state index in [4.69, 9.17) is 9.84 Å². The van der Waals surface area contributed by atoms with Crippen molar-refractivity contribution in [3.05, 3.63) is 0 Å². The van der Waals surface area contributed by atoms with E-state index in [1.165, 1.54) is 0 Å². The lowest BCUT2D eigenvalue weighted by atomic mass is 10.1. The molecule has 0 heterocycles. The molecule has 1 saturated carbocycles. The summed E-state index contributed by atoms with van der Waals surface area (Å²) in [6, 6.07) is 0. The molecule has 1 aliphatic carbocycles. The molecule has 1 rings (SSSR count). The van der Waals surface area contributed by atoms with E-state index in [1.807, 2.05) is 11.8 Å². The number of rotatable bonds is 9. The van der Waals surface area contributed by atoms with Crippen LogP contribution in [0.5, 0.6) is 0 Å². The minimum absolute atomic E-state index is 0.120. The van der Waals surface area contributed by atoms with Crippen LogP contribution in [0.3, 0.4) is 0 Å². The van der Waals surface area contributed by atoms with E-state index in [-0.39, 0.29) is 5.41 Å². The van der Waals surface area contributed by atoms with Gasteiger partial charge in [-0.05, 0) is 29.9 Å². The second-order valence-electron chi connectivity index (χ2n) is 5.09. The van der Waals surface area contributed by atoms with Gasteiger partial charge < -0.3 is 9.84 Å². The van der Waals surface area contributed by atoms with Gasteiger partial charge in [-0.2, -0.15) is 11.8 Å². The van der Waals surface area contributed by atoms with Crippen LogP contribution in [0, 0.1) is 11.3 Å². The smallest absolute Gasteiger partial charge is 0.303 e. The zero-order valence-electron chi connectivity index (χ0n) is 10.2. The van der Waals surface area contributed by atoms with Crippen molar-refractivity contribution in [3.63, 3.8) is 0 Å². The fourth-order valence-electron chi connectivity index (χ4n) is 1.60. The first kappa shape index (κ1) is 13.8. The average Bonchev–Trinajstić information content (AvgIpc) is 2.90. The molecular formula is C12H22O3S. The Balaban J connectivity index is 1.97. The van der Waals surface area contributed by atoms with E-state index in [1.54, 1.807) is 0 Å². The third-order valence-electron chi connectivity index (χ3n) is 2.71. The highest BCUT2D eigenvalue weighted by Gasteiger charge is 2.43. The van der Waals surface area contributed by atoms with Gasteiger partial charge in [0.05, 0.1) is 13.0 Å². The Morgan fingerprint density at radius 2 is 2.19 bits per heavy atom. The van der Waals surface area contributed by atoms with Gasteiger partial charge in [0.25, 0.3) is 0 Å². The number of aliphatic carboxylic acids is 1. The number of hydrogen-bond acceptors (Lipinski definition) is 3. The van der Waals surface area contributed by atoms with Crippen molar-refractivity contribution in [3.8, 4) is 0 Å². The topological polar surface area (TPSA) is 46.5 Å². The summed E-state index contributed by atoms with van der Waals surface area (Å²) in [6.45, 7) is 5.88. The van der Waals surface area contributed by atoms with Crippen LogP contribution in [-0.4, -0.2) is 35.8 Å². The monoisotopic (exact) mass is 246 g/mol. The molecule has 0 amide bonds. The molecule has 0 aromatic heterocycles. The van der Waals surface area contributed by atoms with Crippen LogP contribution >= 0.6 is 11.8 Å². The molecule has 94 valence electrons. The zero-order valence-corrected chi connectivity index (χ0v) is 11.0. The number of carbonyl (C=O) groups is 1. The Morgan fingerprint density at radius 3 is 2.69 bits per heavy atom. The Kier molecular flexibility index (Phi) is 5.62. The molecule has 0 spiro atoms. The lowest BCUT2D eigenvalue weighted by molar-refractivity contribution is -0.138. The van der Waals surface area contributed by atoms with Gasteiger partial charge in [0.1, 0.15) is 0 Å². The number of carboxylic acid groups (broad SMARTS) is 1. The SMILES string of the molecule is CC(C)COCCSCC1(CC(=O)O)CC1. The number of carboxylic acids is 1. The molecule has 1 fully saturated rings. The largest absolute Gasteiger partial charge is 0.481 e. The Morgan fingerprint density at radius 1 is 1.50 bits per heavy atom. The molecule has 0 atom stereocenters. The van der Waals surface area contributed by atoms with Crippen molar-refractivity contribution in [2.24, 2.45) is 11.3 Å². The molecule has 1 aliphatic rings. The van der Waals surface area contributed by atoms with Crippen LogP contribution in [-0.2, 0) is 9.53 Å². The molecule has 0 radical (unpaired) electrons. The van der Waals surface area contributed by atoms with E-state index in [2.05, 4.69) is 13.8 Å². The Hall–Kier alpha value is -0.220. The van der Waals surface area contributed by atoms with Gasteiger partial charge in [0, 0.05) is 12.4 Å². The van der Waals surface area contributed by atoms with Gasteiger partial charge in [-0.3, -0.25) is 4.79 Å². The predicted molar refractivity (Wildman–Crippen MR) is 66.9 cm³/mol. The normalized spacial score (nSPS) is 17.7. The number of ether oxygens (including phenoxy) is 1. The Bertz CT molecular complexity index is 224. The second-order valence-corrected chi connectivity index (χ2v) is 6.20. The van der Waals surface area contributed by atoms with E-state index >= 15 is 0 Å². The van der Waals surface area contributed by atoms with E-state index in [0.717, 1.165) is 37.6 Å². The standard InChI is InChI=1S/C12H22O3S/c1-10(2)8-15-5-6-16-9-12(3-4-12)7-11(13)14/h10H,3-9H2,1-2H3,(H,13,14). The molecule has 0 saturated heterocycles.